The van der Waals surface area contributed by atoms with E-state index in [0.29, 0.717) is 33.5 Å². The van der Waals surface area contributed by atoms with Crippen molar-refractivity contribution >= 4 is 35.2 Å². The number of imide groups is 1. The van der Waals surface area contributed by atoms with E-state index in [1.165, 1.54) is 36.0 Å². The van der Waals surface area contributed by atoms with Crippen molar-refractivity contribution in [1.29, 1.82) is 0 Å². The van der Waals surface area contributed by atoms with Gasteiger partial charge in [-0.25, -0.2) is 4.39 Å². The van der Waals surface area contributed by atoms with Crippen LogP contribution in [0.3, 0.4) is 0 Å². The molecule has 8 nitrogen and oxygen atoms in total. The number of hydrogen-bond acceptors (Lipinski definition) is 6. The fraction of sp³-hybridized carbons (Fsp3) is 0.0800. The summed E-state index contributed by atoms with van der Waals surface area (Å²) in [6, 6.07) is 20.2. The van der Waals surface area contributed by atoms with Crippen molar-refractivity contribution in [2.75, 3.05) is 11.1 Å². The fourth-order valence-corrected chi connectivity index (χ4v) is 4.55. The van der Waals surface area contributed by atoms with E-state index in [-0.39, 0.29) is 23.7 Å². The number of nitrogens with zero attached hydrogens (tertiary/aromatic N) is 3. The van der Waals surface area contributed by atoms with Crippen LogP contribution in [0.25, 0.3) is 17.1 Å². The molecule has 0 saturated heterocycles. The van der Waals surface area contributed by atoms with E-state index in [4.69, 9.17) is 0 Å². The Bertz CT molecular complexity index is 1440. The number of rotatable bonds is 7. The van der Waals surface area contributed by atoms with Crippen molar-refractivity contribution < 1.29 is 18.8 Å². The minimum Gasteiger partial charge on any atom is -0.326 e. The Kier molecular flexibility index (Phi) is 6.11. The maximum atomic E-state index is 13.4. The van der Waals surface area contributed by atoms with E-state index in [2.05, 4.69) is 20.8 Å². The molecule has 0 aliphatic carbocycles. The molecular weight excluding hydrogens is 469 g/mol. The number of hydrogen-bond donors (Lipinski definition) is 2. The van der Waals surface area contributed by atoms with Gasteiger partial charge in [-0.2, -0.15) is 0 Å². The van der Waals surface area contributed by atoms with Gasteiger partial charge in [0.25, 0.3) is 11.8 Å². The maximum absolute atomic E-state index is 13.4. The quantitative estimate of drug-likeness (QED) is 0.301. The molecule has 0 bridgehead atoms. The number of aromatic nitrogens is 3. The largest absolute Gasteiger partial charge is 0.326 e. The van der Waals surface area contributed by atoms with Gasteiger partial charge in [-0.3, -0.25) is 24.3 Å². The average molecular weight is 488 g/mol. The minimum absolute atomic E-state index is 0.181. The molecule has 0 fully saturated rings. The Hall–Kier alpha value is -4.31. The Balaban J connectivity index is 1.29. The number of halogens is 1. The normalized spacial score (nSPS) is 12.4. The third-order valence-corrected chi connectivity index (χ3v) is 6.26. The van der Waals surface area contributed by atoms with Gasteiger partial charge >= 0.3 is 0 Å². The molecule has 0 saturated carbocycles. The first-order valence-electron chi connectivity index (χ1n) is 10.7. The maximum Gasteiger partial charge on any atom is 0.259 e. The lowest BCUT2D eigenvalue weighted by Gasteiger charge is -2.10. The highest BCUT2D eigenvalue weighted by atomic mass is 32.2. The zero-order chi connectivity index (χ0) is 24.4. The molecular formula is C25H18FN5O3S. The van der Waals surface area contributed by atoms with Gasteiger partial charge in [-0.05, 0) is 54.6 Å². The summed E-state index contributed by atoms with van der Waals surface area (Å²) in [6.07, 6.45) is 0.181. The molecule has 35 heavy (non-hydrogen) atoms. The van der Waals surface area contributed by atoms with Crippen LogP contribution in [0.2, 0.25) is 0 Å². The molecule has 1 aliphatic heterocycles. The summed E-state index contributed by atoms with van der Waals surface area (Å²) in [7, 11) is 0. The van der Waals surface area contributed by atoms with Gasteiger partial charge in [-0.1, -0.05) is 30.0 Å². The molecule has 1 aliphatic rings. The van der Waals surface area contributed by atoms with Gasteiger partial charge in [0.05, 0.1) is 11.1 Å². The lowest BCUT2D eigenvalue weighted by Crippen LogP contribution is -2.19. The first kappa shape index (κ1) is 22.5. The van der Waals surface area contributed by atoms with Gasteiger partial charge < -0.3 is 5.32 Å². The summed E-state index contributed by atoms with van der Waals surface area (Å²) in [6.45, 7) is 0. The molecule has 4 aromatic rings. The number of carbonyl (C=O) groups is 3. The van der Waals surface area contributed by atoms with E-state index < -0.39 is 11.8 Å². The standard InChI is InChI=1S/C25H18FN5O3S/c26-16-8-6-15(7-9-16)22-29-30-25(31(22)18-4-2-1-3-5-18)35-13-12-21(32)27-17-10-11-19-20(14-17)24(34)28-23(19)33/h1-11,14H,12-13H2,(H,27,32)(H,28,33,34). The van der Waals surface area contributed by atoms with E-state index in [0.717, 1.165) is 5.69 Å². The summed E-state index contributed by atoms with van der Waals surface area (Å²) >= 11 is 1.37. The van der Waals surface area contributed by atoms with Gasteiger partial charge in [0.2, 0.25) is 5.91 Å². The summed E-state index contributed by atoms with van der Waals surface area (Å²) in [5.41, 5.74) is 2.53. The van der Waals surface area contributed by atoms with Gasteiger partial charge in [0, 0.05) is 29.1 Å². The van der Waals surface area contributed by atoms with Crippen LogP contribution >= 0.6 is 11.8 Å². The van der Waals surface area contributed by atoms with Gasteiger partial charge in [-0.15, -0.1) is 10.2 Å². The predicted octanol–water partition coefficient (Wildman–Crippen LogP) is 4.08. The van der Waals surface area contributed by atoms with Crippen molar-refractivity contribution in [2.45, 2.75) is 11.6 Å². The number of fused-ring (bicyclic) bond motifs is 1. The monoisotopic (exact) mass is 487 g/mol. The highest BCUT2D eigenvalue weighted by molar-refractivity contribution is 7.99. The lowest BCUT2D eigenvalue weighted by molar-refractivity contribution is -0.115. The smallest absolute Gasteiger partial charge is 0.259 e. The summed E-state index contributed by atoms with van der Waals surface area (Å²) in [5, 5.41) is 14.2. The third-order valence-electron chi connectivity index (χ3n) is 5.33. The van der Waals surface area contributed by atoms with Gasteiger partial charge in [0.15, 0.2) is 11.0 Å². The van der Waals surface area contributed by atoms with Crippen LogP contribution in [-0.2, 0) is 4.79 Å². The van der Waals surface area contributed by atoms with Crippen LogP contribution in [0.1, 0.15) is 27.1 Å². The van der Waals surface area contributed by atoms with Gasteiger partial charge in [0.1, 0.15) is 5.82 Å². The van der Waals surface area contributed by atoms with Crippen molar-refractivity contribution in [1.82, 2.24) is 20.1 Å². The highest BCUT2D eigenvalue weighted by Gasteiger charge is 2.26. The van der Waals surface area contributed by atoms with Crippen LogP contribution in [0.4, 0.5) is 10.1 Å². The number of para-hydroxylation sites is 1. The Morgan fingerprint density at radius 3 is 2.46 bits per heavy atom. The predicted molar refractivity (Wildman–Crippen MR) is 129 cm³/mol. The second kappa shape index (κ2) is 9.51. The average Bonchev–Trinajstić information content (AvgIpc) is 3.40. The molecule has 2 heterocycles. The topological polar surface area (TPSA) is 106 Å². The molecule has 0 unspecified atom stereocenters. The molecule has 0 spiro atoms. The van der Waals surface area contributed by atoms with Crippen LogP contribution in [0.5, 0.6) is 0 Å². The molecule has 2 N–H and O–H groups in total. The Labute approximate surface area is 203 Å². The second-order valence-electron chi connectivity index (χ2n) is 7.67. The fourth-order valence-electron chi connectivity index (χ4n) is 3.66. The van der Waals surface area contributed by atoms with Crippen molar-refractivity contribution in [3.8, 4) is 17.1 Å². The molecule has 5 rings (SSSR count). The Morgan fingerprint density at radius 2 is 1.69 bits per heavy atom. The van der Waals surface area contributed by atoms with Crippen LogP contribution < -0.4 is 10.6 Å². The highest BCUT2D eigenvalue weighted by Crippen LogP contribution is 2.28. The Morgan fingerprint density at radius 1 is 0.943 bits per heavy atom. The zero-order valence-electron chi connectivity index (χ0n) is 18.2. The number of amides is 3. The van der Waals surface area contributed by atoms with E-state index in [1.807, 2.05) is 34.9 Å². The minimum atomic E-state index is -0.478. The molecule has 1 aromatic heterocycles. The molecule has 3 aromatic carbocycles. The van der Waals surface area contributed by atoms with E-state index in [9.17, 15) is 18.8 Å². The summed E-state index contributed by atoms with van der Waals surface area (Å²) in [4.78, 5) is 36.0. The van der Waals surface area contributed by atoms with Crippen LogP contribution in [0.15, 0.2) is 78.0 Å². The summed E-state index contributed by atoms with van der Waals surface area (Å²) < 4.78 is 15.3. The molecule has 3 amide bonds. The number of carbonyl (C=O) groups excluding carboxylic acids is 3. The zero-order valence-corrected chi connectivity index (χ0v) is 19.0. The van der Waals surface area contributed by atoms with Crippen molar-refractivity contribution in [3.63, 3.8) is 0 Å². The van der Waals surface area contributed by atoms with Crippen molar-refractivity contribution in [2.24, 2.45) is 0 Å². The number of anilines is 1. The number of benzene rings is 3. The molecule has 10 heteroatoms. The number of thioether (sulfide) groups is 1. The van der Waals surface area contributed by atoms with Crippen LogP contribution in [-0.4, -0.2) is 38.2 Å². The van der Waals surface area contributed by atoms with Crippen molar-refractivity contribution in [3.05, 3.63) is 89.7 Å². The molecule has 0 atom stereocenters. The third kappa shape index (κ3) is 4.69. The lowest BCUT2D eigenvalue weighted by atomic mass is 10.1. The first-order valence-corrected chi connectivity index (χ1v) is 11.7. The molecule has 174 valence electrons. The molecule has 0 radical (unpaired) electrons. The SMILES string of the molecule is O=C(CCSc1nnc(-c2ccc(F)cc2)n1-c1ccccc1)Nc1ccc2c(c1)C(=O)NC2=O. The first-order chi connectivity index (χ1) is 17.0. The van der Waals surface area contributed by atoms with Crippen LogP contribution in [0, 0.1) is 5.82 Å². The number of nitrogens with one attached hydrogen (secondary N) is 2. The summed E-state index contributed by atoms with van der Waals surface area (Å²) in [5.74, 6) is -0.517. The van der Waals surface area contributed by atoms with E-state index in [1.54, 1.807) is 18.2 Å². The second-order valence-corrected chi connectivity index (χ2v) is 8.74. The van der Waals surface area contributed by atoms with E-state index >= 15 is 0 Å².